The van der Waals surface area contributed by atoms with Gasteiger partial charge < -0.3 is 4.74 Å². The van der Waals surface area contributed by atoms with Crippen LogP contribution in [0, 0.1) is 22.7 Å². The number of aryl methyl sites for hydroxylation is 3. The number of nitrogens with zero attached hydrogens (tertiary/aromatic N) is 2. The fourth-order valence-corrected chi connectivity index (χ4v) is 6.74. The molecule has 0 fully saturated rings. The quantitative estimate of drug-likeness (QED) is 0.113. The molecule has 0 aromatic heterocycles. The van der Waals surface area contributed by atoms with Crippen molar-refractivity contribution in [2.24, 2.45) is 0 Å². The summed E-state index contributed by atoms with van der Waals surface area (Å²) in [6.45, 7) is 6.23. The van der Waals surface area contributed by atoms with Gasteiger partial charge in [-0.1, -0.05) is 87.8 Å². The standard InChI is InChI=1S/C42H40N2O2S/c1-4-7-8-11-31-22-33-25-34(27-43)39(28-44)41(32-13-10-15-38(26-32)47-37-20-17-29(5-2)18-21-37)42(33)40(24-31)46-36-14-9-12-30(23-36)16-19-35(45)6-3/h9-10,12-15,17-18,20-26H,4-8,11,16,19H2,1-3H3. The average molecular weight is 637 g/mol. The van der Waals surface area contributed by atoms with Gasteiger partial charge in [0.05, 0.1) is 11.1 Å². The third-order valence-electron chi connectivity index (χ3n) is 8.47. The van der Waals surface area contributed by atoms with Crippen molar-refractivity contribution in [1.82, 2.24) is 0 Å². The summed E-state index contributed by atoms with van der Waals surface area (Å²) in [7, 11) is 0. The number of fused-ring (bicyclic) bond motifs is 1. The van der Waals surface area contributed by atoms with E-state index >= 15 is 0 Å². The van der Waals surface area contributed by atoms with E-state index in [2.05, 4.69) is 74.5 Å². The van der Waals surface area contributed by atoms with Crippen molar-refractivity contribution in [1.29, 1.82) is 10.5 Å². The second kappa shape index (κ2) is 16.1. The summed E-state index contributed by atoms with van der Waals surface area (Å²) in [5, 5.41) is 22.3. The van der Waals surface area contributed by atoms with Crippen molar-refractivity contribution < 1.29 is 9.53 Å². The van der Waals surface area contributed by atoms with Crippen LogP contribution in [0.4, 0.5) is 0 Å². The lowest BCUT2D eigenvalue weighted by Gasteiger charge is -2.18. The molecular formula is C42H40N2O2S. The molecule has 0 radical (unpaired) electrons. The van der Waals surface area contributed by atoms with Gasteiger partial charge in [0.1, 0.15) is 29.4 Å². The maximum Gasteiger partial charge on any atom is 0.136 e. The van der Waals surface area contributed by atoms with Gasteiger partial charge >= 0.3 is 0 Å². The number of ketones is 1. The molecule has 0 aliphatic heterocycles. The number of carbonyl (C=O) groups excluding carboxylic acids is 1. The Morgan fingerprint density at radius 1 is 0.766 bits per heavy atom. The van der Waals surface area contributed by atoms with E-state index in [1.165, 1.54) is 5.56 Å². The highest BCUT2D eigenvalue weighted by atomic mass is 32.2. The van der Waals surface area contributed by atoms with Gasteiger partial charge in [-0.05, 0) is 102 Å². The monoisotopic (exact) mass is 636 g/mol. The molecular weight excluding hydrogens is 597 g/mol. The van der Waals surface area contributed by atoms with Crippen molar-refractivity contribution in [3.8, 4) is 34.8 Å². The number of nitriles is 2. The highest BCUT2D eigenvalue weighted by molar-refractivity contribution is 7.99. The molecule has 5 aromatic rings. The van der Waals surface area contributed by atoms with Gasteiger partial charge in [-0.25, -0.2) is 0 Å². The molecule has 0 saturated carbocycles. The average Bonchev–Trinajstić information content (AvgIpc) is 3.10. The van der Waals surface area contributed by atoms with Gasteiger partial charge in [-0.3, -0.25) is 4.79 Å². The van der Waals surface area contributed by atoms with Crippen LogP contribution in [-0.2, 0) is 24.1 Å². The van der Waals surface area contributed by atoms with Crippen molar-refractivity contribution in [2.75, 3.05) is 0 Å². The molecule has 236 valence electrons. The Balaban J connectivity index is 1.66. The minimum Gasteiger partial charge on any atom is -0.457 e. The zero-order chi connectivity index (χ0) is 33.2. The van der Waals surface area contributed by atoms with Crippen molar-refractivity contribution in [2.45, 2.75) is 81.9 Å². The highest BCUT2D eigenvalue weighted by Gasteiger charge is 2.21. The summed E-state index contributed by atoms with van der Waals surface area (Å²) in [5.74, 6) is 1.56. The van der Waals surface area contributed by atoms with Crippen LogP contribution in [0.2, 0.25) is 0 Å². The molecule has 0 aliphatic rings. The lowest BCUT2D eigenvalue weighted by atomic mass is 9.88. The number of rotatable bonds is 14. The van der Waals surface area contributed by atoms with Gasteiger partial charge in [0.15, 0.2) is 0 Å². The zero-order valence-electron chi connectivity index (χ0n) is 27.4. The third-order valence-corrected chi connectivity index (χ3v) is 9.46. The van der Waals surface area contributed by atoms with Crippen LogP contribution >= 0.6 is 11.8 Å². The van der Waals surface area contributed by atoms with E-state index < -0.39 is 0 Å². The largest absolute Gasteiger partial charge is 0.457 e. The van der Waals surface area contributed by atoms with E-state index in [9.17, 15) is 15.3 Å². The zero-order valence-corrected chi connectivity index (χ0v) is 28.3. The number of carbonyl (C=O) groups is 1. The van der Waals surface area contributed by atoms with Gasteiger partial charge in [0, 0.05) is 33.6 Å². The topological polar surface area (TPSA) is 73.9 Å². The molecule has 0 bridgehead atoms. The summed E-state index contributed by atoms with van der Waals surface area (Å²) in [6.07, 6.45) is 6.87. The predicted octanol–water partition coefficient (Wildman–Crippen LogP) is 11.4. The molecule has 0 amide bonds. The fraction of sp³-hybridized carbons (Fsp3) is 0.262. The number of unbranched alkanes of at least 4 members (excludes halogenated alkanes) is 2. The van der Waals surface area contributed by atoms with Crippen LogP contribution in [-0.4, -0.2) is 5.78 Å². The van der Waals surface area contributed by atoms with E-state index in [4.69, 9.17) is 4.74 Å². The first kappa shape index (κ1) is 33.5. The molecule has 47 heavy (non-hydrogen) atoms. The number of hydrogen-bond acceptors (Lipinski definition) is 5. The maximum atomic E-state index is 12.0. The minimum absolute atomic E-state index is 0.238. The second-order valence-corrected chi connectivity index (χ2v) is 13.0. The first-order valence-corrected chi connectivity index (χ1v) is 17.4. The van der Waals surface area contributed by atoms with Crippen LogP contribution in [0.5, 0.6) is 11.5 Å². The minimum atomic E-state index is 0.238. The Morgan fingerprint density at radius 2 is 1.57 bits per heavy atom. The van der Waals surface area contributed by atoms with Crippen LogP contribution in [0.25, 0.3) is 21.9 Å². The molecule has 0 unspecified atom stereocenters. The van der Waals surface area contributed by atoms with Crippen LogP contribution in [0.3, 0.4) is 0 Å². The number of ether oxygens (including phenoxy) is 1. The molecule has 0 spiro atoms. The number of Topliss-reactive ketones (excluding diaryl/α,β-unsaturated/α-hetero) is 1. The van der Waals surface area contributed by atoms with Gasteiger partial charge in [0.25, 0.3) is 0 Å². The predicted molar refractivity (Wildman–Crippen MR) is 192 cm³/mol. The van der Waals surface area contributed by atoms with E-state index in [1.807, 2.05) is 49.4 Å². The molecule has 4 nitrogen and oxygen atoms in total. The number of hydrogen-bond donors (Lipinski definition) is 0. The first-order valence-electron chi connectivity index (χ1n) is 16.6. The van der Waals surface area contributed by atoms with E-state index in [0.29, 0.717) is 47.5 Å². The Hall–Kier alpha value is -4.84. The van der Waals surface area contributed by atoms with Gasteiger partial charge in [0.2, 0.25) is 0 Å². The lowest BCUT2D eigenvalue weighted by molar-refractivity contribution is -0.118. The fourth-order valence-electron chi connectivity index (χ4n) is 5.86. The molecule has 0 atom stereocenters. The maximum absolute atomic E-state index is 12.0. The van der Waals surface area contributed by atoms with Gasteiger partial charge in [-0.2, -0.15) is 10.5 Å². The Kier molecular flexibility index (Phi) is 11.5. The summed E-state index contributed by atoms with van der Waals surface area (Å²) >= 11 is 1.67. The van der Waals surface area contributed by atoms with Gasteiger partial charge in [-0.15, -0.1) is 0 Å². The second-order valence-electron chi connectivity index (χ2n) is 11.8. The number of benzene rings is 5. The molecule has 0 N–H and O–H groups in total. The van der Waals surface area contributed by atoms with Crippen molar-refractivity contribution in [3.63, 3.8) is 0 Å². The van der Waals surface area contributed by atoms with E-state index in [-0.39, 0.29) is 5.78 Å². The Morgan fingerprint density at radius 3 is 2.30 bits per heavy atom. The third kappa shape index (κ3) is 8.31. The smallest absolute Gasteiger partial charge is 0.136 e. The van der Waals surface area contributed by atoms with E-state index in [1.54, 1.807) is 11.8 Å². The molecule has 5 rings (SSSR count). The van der Waals surface area contributed by atoms with Crippen LogP contribution in [0.15, 0.2) is 101 Å². The molecule has 5 aromatic carbocycles. The first-order chi connectivity index (χ1) is 23.0. The summed E-state index contributed by atoms with van der Waals surface area (Å²) in [5.41, 5.74) is 5.70. The normalized spacial score (nSPS) is 10.8. The van der Waals surface area contributed by atoms with E-state index in [0.717, 1.165) is 69.4 Å². The van der Waals surface area contributed by atoms with Crippen LogP contribution < -0.4 is 4.74 Å². The molecule has 0 heterocycles. The summed E-state index contributed by atoms with van der Waals surface area (Å²) in [4.78, 5) is 14.2. The lowest BCUT2D eigenvalue weighted by Crippen LogP contribution is -1.99. The summed E-state index contributed by atoms with van der Waals surface area (Å²) < 4.78 is 6.71. The molecule has 5 heteroatoms. The Bertz CT molecular complexity index is 1960. The molecule has 0 saturated heterocycles. The van der Waals surface area contributed by atoms with Crippen molar-refractivity contribution in [3.05, 3.63) is 119 Å². The highest BCUT2D eigenvalue weighted by Crippen LogP contribution is 2.43. The van der Waals surface area contributed by atoms with Crippen molar-refractivity contribution >= 4 is 28.3 Å². The SMILES string of the molecule is CCCCCc1cc(Oc2cccc(CCC(=O)CC)c2)c2c(-c3cccc(Sc4ccc(CC)cc4)c3)c(C#N)c(C#N)cc2c1. The van der Waals surface area contributed by atoms with Crippen LogP contribution in [0.1, 0.15) is 80.7 Å². The molecule has 0 aliphatic carbocycles. The Labute approximate surface area is 283 Å². The summed E-state index contributed by atoms with van der Waals surface area (Å²) in [6, 6.07) is 35.4.